The number of hydrogen-bond donors (Lipinski definition) is 0. The molecule has 2 atom stereocenters. The van der Waals surface area contributed by atoms with Crippen molar-refractivity contribution in [3.8, 4) is 22.6 Å². The summed E-state index contributed by atoms with van der Waals surface area (Å²) in [5, 5.41) is 0. The summed E-state index contributed by atoms with van der Waals surface area (Å²) in [5.41, 5.74) is 3.65. The lowest BCUT2D eigenvalue weighted by molar-refractivity contribution is -0.0739. The van der Waals surface area contributed by atoms with E-state index in [-0.39, 0.29) is 6.29 Å². The lowest BCUT2D eigenvalue weighted by atomic mass is 9.99. The minimum Gasteiger partial charge on any atom is -0.491 e. The van der Waals surface area contributed by atoms with Crippen molar-refractivity contribution in [1.82, 2.24) is 0 Å². The van der Waals surface area contributed by atoms with Gasteiger partial charge in [-0.15, -0.1) is 0 Å². The fourth-order valence-electron chi connectivity index (χ4n) is 3.11. The first-order valence-corrected chi connectivity index (χ1v) is 10.3. The Morgan fingerprint density at radius 1 is 0.724 bits per heavy atom. The molecule has 2 unspecified atom stereocenters. The Balaban J connectivity index is 1.42. The van der Waals surface area contributed by atoms with Gasteiger partial charge in [-0.05, 0) is 60.2 Å². The first-order chi connectivity index (χ1) is 14.2. The molecule has 0 bridgehead atoms. The SMILES string of the molecule is CCC(C)c1ccc(OC(C)OCCOc2cccc(-c3ccccc3)c2)cc1. The molecule has 0 saturated carbocycles. The van der Waals surface area contributed by atoms with E-state index in [1.54, 1.807) is 0 Å². The lowest BCUT2D eigenvalue weighted by Crippen LogP contribution is -2.19. The van der Waals surface area contributed by atoms with Crippen LogP contribution in [0, 0.1) is 0 Å². The predicted molar refractivity (Wildman–Crippen MR) is 119 cm³/mol. The molecule has 0 aromatic heterocycles. The Kier molecular flexibility index (Phi) is 7.71. The van der Waals surface area contributed by atoms with Gasteiger partial charge in [-0.3, -0.25) is 0 Å². The van der Waals surface area contributed by atoms with Gasteiger partial charge >= 0.3 is 0 Å². The maximum absolute atomic E-state index is 5.84. The van der Waals surface area contributed by atoms with Crippen LogP contribution in [0.5, 0.6) is 11.5 Å². The topological polar surface area (TPSA) is 27.7 Å². The number of ether oxygens (including phenoxy) is 3. The molecule has 3 rings (SSSR count). The molecule has 152 valence electrons. The molecular formula is C26H30O3. The van der Waals surface area contributed by atoms with Crippen LogP contribution in [0.3, 0.4) is 0 Å². The second-order valence-electron chi connectivity index (χ2n) is 7.18. The van der Waals surface area contributed by atoms with Gasteiger partial charge in [0.15, 0.2) is 6.29 Å². The molecular weight excluding hydrogens is 360 g/mol. The van der Waals surface area contributed by atoms with E-state index in [1.165, 1.54) is 11.1 Å². The first kappa shape index (κ1) is 20.9. The van der Waals surface area contributed by atoms with Gasteiger partial charge in [-0.1, -0.05) is 68.4 Å². The van der Waals surface area contributed by atoms with Crippen LogP contribution in [0.25, 0.3) is 11.1 Å². The average molecular weight is 391 g/mol. The fraction of sp³-hybridized carbons (Fsp3) is 0.308. The zero-order valence-corrected chi connectivity index (χ0v) is 17.5. The highest BCUT2D eigenvalue weighted by Gasteiger charge is 2.07. The number of rotatable bonds is 10. The van der Waals surface area contributed by atoms with E-state index >= 15 is 0 Å². The Morgan fingerprint density at radius 2 is 1.45 bits per heavy atom. The highest BCUT2D eigenvalue weighted by Crippen LogP contribution is 2.24. The minimum atomic E-state index is -0.330. The lowest BCUT2D eigenvalue weighted by Gasteiger charge is -2.17. The Labute approximate surface area is 174 Å². The van der Waals surface area contributed by atoms with Gasteiger partial charge in [0.1, 0.15) is 18.1 Å². The standard InChI is InChI=1S/C26H30O3/c1-4-20(2)22-13-15-25(16-14-22)29-21(3)27-17-18-28-26-12-8-11-24(19-26)23-9-6-5-7-10-23/h5-16,19-21H,4,17-18H2,1-3H3. The van der Waals surface area contributed by atoms with Crippen LogP contribution in [0.2, 0.25) is 0 Å². The van der Waals surface area contributed by atoms with E-state index in [0.29, 0.717) is 19.1 Å². The molecule has 0 spiro atoms. The summed E-state index contributed by atoms with van der Waals surface area (Å²) in [6.45, 7) is 7.27. The van der Waals surface area contributed by atoms with Crippen molar-refractivity contribution in [2.45, 2.75) is 39.4 Å². The van der Waals surface area contributed by atoms with Gasteiger partial charge in [0.25, 0.3) is 0 Å². The summed E-state index contributed by atoms with van der Waals surface area (Å²) in [5.74, 6) is 2.22. The van der Waals surface area contributed by atoms with Crippen LogP contribution in [0.1, 0.15) is 38.7 Å². The van der Waals surface area contributed by atoms with Gasteiger partial charge < -0.3 is 14.2 Å². The summed E-state index contributed by atoms with van der Waals surface area (Å²) < 4.78 is 17.4. The van der Waals surface area contributed by atoms with Crippen molar-refractivity contribution in [1.29, 1.82) is 0 Å². The summed E-state index contributed by atoms with van der Waals surface area (Å²) in [4.78, 5) is 0. The number of hydrogen-bond acceptors (Lipinski definition) is 3. The molecule has 0 radical (unpaired) electrons. The third kappa shape index (κ3) is 6.37. The predicted octanol–water partition coefficient (Wildman–Crippen LogP) is 6.69. The first-order valence-electron chi connectivity index (χ1n) is 10.3. The minimum absolute atomic E-state index is 0.330. The summed E-state index contributed by atoms with van der Waals surface area (Å²) >= 11 is 0. The van der Waals surface area contributed by atoms with Crippen molar-refractivity contribution in [2.75, 3.05) is 13.2 Å². The highest BCUT2D eigenvalue weighted by atomic mass is 16.7. The Morgan fingerprint density at radius 3 is 2.17 bits per heavy atom. The van der Waals surface area contributed by atoms with E-state index in [4.69, 9.17) is 14.2 Å². The summed E-state index contributed by atoms with van der Waals surface area (Å²) in [6.07, 6.45) is 0.803. The largest absolute Gasteiger partial charge is 0.491 e. The third-order valence-corrected chi connectivity index (χ3v) is 5.01. The van der Waals surface area contributed by atoms with E-state index < -0.39 is 0 Å². The number of benzene rings is 3. The smallest absolute Gasteiger partial charge is 0.197 e. The monoisotopic (exact) mass is 390 g/mol. The summed E-state index contributed by atoms with van der Waals surface area (Å²) in [6, 6.07) is 26.6. The van der Waals surface area contributed by atoms with Gasteiger partial charge in [0.05, 0.1) is 6.61 Å². The zero-order valence-electron chi connectivity index (χ0n) is 17.5. The quantitative estimate of drug-likeness (QED) is 0.285. The van der Waals surface area contributed by atoms with Crippen LogP contribution < -0.4 is 9.47 Å². The molecule has 3 nitrogen and oxygen atoms in total. The van der Waals surface area contributed by atoms with Crippen molar-refractivity contribution >= 4 is 0 Å². The van der Waals surface area contributed by atoms with Crippen molar-refractivity contribution in [3.05, 3.63) is 84.4 Å². The molecule has 3 aromatic carbocycles. The zero-order chi connectivity index (χ0) is 20.5. The van der Waals surface area contributed by atoms with Crippen LogP contribution in [0.4, 0.5) is 0 Å². The van der Waals surface area contributed by atoms with Crippen molar-refractivity contribution in [2.24, 2.45) is 0 Å². The van der Waals surface area contributed by atoms with Gasteiger partial charge in [0.2, 0.25) is 0 Å². The van der Waals surface area contributed by atoms with Crippen LogP contribution in [0.15, 0.2) is 78.9 Å². The molecule has 0 N–H and O–H groups in total. The van der Waals surface area contributed by atoms with Crippen molar-refractivity contribution in [3.63, 3.8) is 0 Å². The molecule has 0 saturated heterocycles. The molecule has 0 fully saturated rings. The van der Waals surface area contributed by atoms with Crippen LogP contribution in [-0.2, 0) is 4.74 Å². The Hall–Kier alpha value is -2.78. The van der Waals surface area contributed by atoms with E-state index in [2.05, 4.69) is 44.2 Å². The van der Waals surface area contributed by atoms with Gasteiger partial charge in [0, 0.05) is 0 Å². The second kappa shape index (κ2) is 10.7. The van der Waals surface area contributed by atoms with E-state index in [0.717, 1.165) is 23.5 Å². The third-order valence-electron chi connectivity index (χ3n) is 5.01. The maximum Gasteiger partial charge on any atom is 0.197 e. The molecule has 0 aliphatic heterocycles. The fourth-order valence-corrected chi connectivity index (χ4v) is 3.11. The molecule has 0 aliphatic rings. The highest BCUT2D eigenvalue weighted by molar-refractivity contribution is 5.64. The van der Waals surface area contributed by atoms with Gasteiger partial charge in [-0.25, -0.2) is 0 Å². The molecule has 3 heteroatoms. The van der Waals surface area contributed by atoms with Gasteiger partial charge in [-0.2, -0.15) is 0 Å². The molecule has 29 heavy (non-hydrogen) atoms. The average Bonchev–Trinajstić information content (AvgIpc) is 2.77. The molecule has 0 amide bonds. The van der Waals surface area contributed by atoms with E-state index in [9.17, 15) is 0 Å². The second-order valence-corrected chi connectivity index (χ2v) is 7.18. The molecule has 0 heterocycles. The van der Waals surface area contributed by atoms with Crippen molar-refractivity contribution < 1.29 is 14.2 Å². The summed E-state index contributed by atoms with van der Waals surface area (Å²) in [7, 11) is 0. The maximum atomic E-state index is 5.84. The van der Waals surface area contributed by atoms with Crippen LogP contribution >= 0.6 is 0 Å². The van der Waals surface area contributed by atoms with E-state index in [1.807, 2.05) is 55.5 Å². The normalized spacial score (nSPS) is 12.9. The molecule has 0 aliphatic carbocycles. The molecule has 3 aromatic rings. The van der Waals surface area contributed by atoms with Crippen LogP contribution in [-0.4, -0.2) is 19.5 Å². The Bertz CT molecular complexity index is 859.